The van der Waals surface area contributed by atoms with Crippen LogP contribution in [0, 0.1) is 5.92 Å². The lowest BCUT2D eigenvalue weighted by atomic mass is 9.93. The van der Waals surface area contributed by atoms with E-state index in [1.54, 1.807) is 7.11 Å². The molecule has 1 heterocycles. The standard InChI is InChI=1S/C17H31NO4/c1-4-5-6-7-8-9-10-14-17(22-15(19)11-18)16(20-3)13(2)12-21-14/h9-10,13-14,16-17H,4-8,11-12,18H2,1-3H3/b10-9+/t13-,14-,16-,17-/m0/s1. The molecule has 0 aromatic carbocycles. The Bertz CT molecular complexity index is 346. The SMILES string of the molecule is CCCCCC/C=C/[C@@H]1OC[C@H](C)[C@H](OC)[C@H]1OC(=O)CN. The zero-order chi connectivity index (χ0) is 16.4. The number of rotatable bonds is 9. The summed E-state index contributed by atoms with van der Waals surface area (Å²) in [6.45, 7) is 4.70. The predicted octanol–water partition coefficient (Wildman–Crippen LogP) is 2.43. The summed E-state index contributed by atoms with van der Waals surface area (Å²) < 4.78 is 16.8. The molecule has 5 heteroatoms. The number of carbonyl (C=O) groups is 1. The molecule has 5 nitrogen and oxygen atoms in total. The Labute approximate surface area is 134 Å². The van der Waals surface area contributed by atoms with Gasteiger partial charge in [-0.2, -0.15) is 0 Å². The van der Waals surface area contributed by atoms with E-state index in [4.69, 9.17) is 19.9 Å². The molecule has 0 aromatic heterocycles. The molecule has 1 rings (SSSR count). The molecule has 0 saturated carbocycles. The van der Waals surface area contributed by atoms with Gasteiger partial charge in [-0.15, -0.1) is 0 Å². The van der Waals surface area contributed by atoms with Gasteiger partial charge in [0, 0.05) is 13.0 Å². The molecule has 2 N–H and O–H groups in total. The molecule has 128 valence electrons. The first-order valence-corrected chi connectivity index (χ1v) is 8.34. The second-order valence-corrected chi connectivity index (χ2v) is 5.91. The lowest BCUT2D eigenvalue weighted by Crippen LogP contribution is -2.52. The van der Waals surface area contributed by atoms with Crippen LogP contribution in [0.1, 0.15) is 46.0 Å². The van der Waals surface area contributed by atoms with Crippen molar-refractivity contribution in [3.8, 4) is 0 Å². The predicted molar refractivity (Wildman–Crippen MR) is 86.5 cm³/mol. The lowest BCUT2D eigenvalue weighted by Gasteiger charge is -2.39. The third-order valence-electron chi connectivity index (χ3n) is 4.02. The number of hydrogen-bond acceptors (Lipinski definition) is 5. The van der Waals surface area contributed by atoms with Crippen molar-refractivity contribution in [2.75, 3.05) is 20.3 Å². The number of unbranched alkanes of at least 4 members (excludes halogenated alkanes) is 4. The van der Waals surface area contributed by atoms with Crippen LogP contribution < -0.4 is 5.73 Å². The van der Waals surface area contributed by atoms with E-state index in [0.29, 0.717) is 6.61 Å². The average molecular weight is 313 g/mol. The van der Waals surface area contributed by atoms with Gasteiger partial charge in [-0.25, -0.2) is 0 Å². The molecule has 4 atom stereocenters. The Kier molecular flexibility index (Phi) is 9.36. The third-order valence-corrected chi connectivity index (χ3v) is 4.02. The zero-order valence-corrected chi connectivity index (χ0v) is 14.1. The Balaban J connectivity index is 2.59. The molecule has 0 spiro atoms. The molecule has 1 fully saturated rings. The van der Waals surface area contributed by atoms with Gasteiger partial charge in [0.15, 0.2) is 6.10 Å². The van der Waals surface area contributed by atoms with Crippen LogP contribution in [-0.2, 0) is 19.0 Å². The second-order valence-electron chi connectivity index (χ2n) is 5.91. The fourth-order valence-electron chi connectivity index (χ4n) is 2.75. The van der Waals surface area contributed by atoms with Gasteiger partial charge in [0.2, 0.25) is 0 Å². The normalized spacial score (nSPS) is 28.9. The molecular weight excluding hydrogens is 282 g/mol. The van der Waals surface area contributed by atoms with E-state index >= 15 is 0 Å². The van der Waals surface area contributed by atoms with E-state index in [1.807, 2.05) is 13.0 Å². The van der Waals surface area contributed by atoms with Crippen LogP contribution in [0.3, 0.4) is 0 Å². The number of carbonyl (C=O) groups excluding carboxylic acids is 1. The summed E-state index contributed by atoms with van der Waals surface area (Å²) in [6.07, 6.45) is 9.20. The van der Waals surface area contributed by atoms with Gasteiger partial charge in [-0.05, 0) is 12.8 Å². The highest BCUT2D eigenvalue weighted by Crippen LogP contribution is 2.26. The maximum Gasteiger partial charge on any atom is 0.320 e. The Morgan fingerprint density at radius 2 is 2.09 bits per heavy atom. The van der Waals surface area contributed by atoms with E-state index in [1.165, 1.54) is 25.7 Å². The number of methoxy groups -OCH3 is 1. The van der Waals surface area contributed by atoms with E-state index < -0.39 is 12.1 Å². The van der Waals surface area contributed by atoms with Crippen LogP contribution in [-0.4, -0.2) is 44.5 Å². The number of allylic oxidation sites excluding steroid dienone is 1. The van der Waals surface area contributed by atoms with Crippen molar-refractivity contribution >= 4 is 5.97 Å². The monoisotopic (exact) mass is 313 g/mol. The molecule has 1 saturated heterocycles. The van der Waals surface area contributed by atoms with Crippen LogP contribution in [0.4, 0.5) is 0 Å². The van der Waals surface area contributed by atoms with Crippen molar-refractivity contribution in [2.24, 2.45) is 11.7 Å². The summed E-state index contributed by atoms with van der Waals surface area (Å²) in [4.78, 5) is 11.6. The van der Waals surface area contributed by atoms with Crippen LogP contribution in [0.5, 0.6) is 0 Å². The van der Waals surface area contributed by atoms with Crippen molar-refractivity contribution in [3.63, 3.8) is 0 Å². The minimum absolute atomic E-state index is 0.130. The summed E-state index contributed by atoms with van der Waals surface area (Å²) in [7, 11) is 1.64. The Morgan fingerprint density at radius 3 is 2.73 bits per heavy atom. The van der Waals surface area contributed by atoms with Gasteiger partial charge in [-0.1, -0.05) is 45.3 Å². The lowest BCUT2D eigenvalue weighted by molar-refractivity contribution is -0.189. The largest absolute Gasteiger partial charge is 0.455 e. The van der Waals surface area contributed by atoms with Gasteiger partial charge in [0.05, 0.1) is 13.2 Å². The van der Waals surface area contributed by atoms with Crippen molar-refractivity contribution in [1.29, 1.82) is 0 Å². The second kappa shape index (κ2) is 10.8. The molecule has 1 aliphatic heterocycles. The molecule has 1 aliphatic rings. The minimum Gasteiger partial charge on any atom is -0.455 e. The fraction of sp³-hybridized carbons (Fsp3) is 0.824. The maximum atomic E-state index is 11.6. The fourth-order valence-corrected chi connectivity index (χ4v) is 2.75. The van der Waals surface area contributed by atoms with Crippen molar-refractivity contribution < 1.29 is 19.0 Å². The Hall–Kier alpha value is -0.910. The molecule has 0 aromatic rings. The van der Waals surface area contributed by atoms with E-state index in [0.717, 1.165) is 6.42 Å². The highest BCUT2D eigenvalue weighted by atomic mass is 16.6. The maximum absolute atomic E-state index is 11.6. The first-order chi connectivity index (χ1) is 10.6. The number of hydrogen-bond donors (Lipinski definition) is 1. The van der Waals surface area contributed by atoms with Gasteiger partial charge < -0.3 is 19.9 Å². The summed E-state index contributed by atoms with van der Waals surface area (Å²) >= 11 is 0. The molecule has 0 radical (unpaired) electrons. The minimum atomic E-state index is -0.434. The van der Waals surface area contributed by atoms with Gasteiger partial charge in [-0.3, -0.25) is 4.79 Å². The number of nitrogens with two attached hydrogens (primary N) is 1. The van der Waals surface area contributed by atoms with Gasteiger partial charge in [0.1, 0.15) is 12.2 Å². The smallest absolute Gasteiger partial charge is 0.320 e. The number of esters is 1. The van der Waals surface area contributed by atoms with E-state index in [9.17, 15) is 4.79 Å². The van der Waals surface area contributed by atoms with Crippen LogP contribution in [0.25, 0.3) is 0 Å². The van der Waals surface area contributed by atoms with Gasteiger partial charge in [0.25, 0.3) is 0 Å². The van der Waals surface area contributed by atoms with Crippen molar-refractivity contribution in [3.05, 3.63) is 12.2 Å². The first kappa shape index (κ1) is 19.1. The quantitative estimate of drug-likeness (QED) is 0.402. The van der Waals surface area contributed by atoms with Crippen LogP contribution in [0.2, 0.25) is 0 Å². The zero-order valence-electron chi connectivity index (χ0n) is 14.1. The summed E-state index contributed by atoms with van der Waals surface area (Å²) in [5.41, 5.74) is 5.35. The van der Waals surface area contributed by atoms with Crippen molar-refractivity contribution in [1.82, 2.24) is 0 Å². The highest BCUT2D eigenvalue weighted by Gasteiger charge is 2.40. The molecule has 0 bridgehead atoms. The van der Waals surface area contributed by atoms with E-state index in [2.05, 4.69) is 13.0 Å². The van der Waals surface area contributed by atoms with Gasteiger partial charge >= 0.3 is 5.97 Å². The molecule has 0 aliphatic carbocycles. The average Bonchev–Trinajstić information content (AvgIpc) is 2.52. The molecule has 0 amide bonds. The van der Waals surface area contributed by atoms with Crippen LogP contribution >= 0.6 is 0 Å². The van der Waals surface area contributed by atoms with E-state index in [-0.39, 0.29) is 24.7 Å². The molecular formula is C17H31NO4. The third kappa shape index (κ3) is 6.07. The summed E-state index contributed by atoms with van der Waals surface area (Å²) in [5.74, 6) is -0.249. The molecule has 22 heavy (non-hydrogen) atoms. The summed E-state index contributed by atoms with van der Waals surface area (Å²) in [5, 5.41) is 0. The first-order valence-electron chi connectivity index (χ1n) is 8.34. The van der Waals surface area contributed by atoms with Crippen LogP contribution in [0.15, 0.2) is 12.2 Å². The Morgan fingerprint density at radius 1 is 1.32 bits per heavy atom. The highest BCUT2D eigenvalue weighted by molar-refractivity contribution is 5.71. The number of ether oxygens (including phenoxy) is 3. The van der Waals surface area contributed by atoms with Crippen molar-refractivity contribution in [2.45, 2.75) is 64.3 Å². The molecule has 0 unspecified atom stereocenters. The topological polar surface area (TPSA) is 70.8 Å². The summed E-state index contributed by atoms with van der Waals surface area (Å²) in [6, 6.07) is 0.